The molecule has 0 aliphatic heterocycles. The molecule has 2 N–H and O–H groups in total. The van der Waals surface area contributed by atoms with E-state index in [2.05, 4.69) is 10.6 Å². The van der Waals surface area contributed by atoms with Crippen LogP contribution in [0.4, 0.5) is 11.4 Å². The van der Waals surface area contributed by atoms with Gasteiger partial charge < -0.3 is 10.6 Å². The van der Waals surface area contributed by atoms with Gasteiger partial charge in [-0.05, 0) is 67.3 Å². The van der Waals surface area contributed by atoms with Gasteiger partial charge >= 0.3 is 0 Å². The summed E-state index contributed by atoms with van der Waals surface area (Å²) in [5.41, 5.74) is 3.64. The minimum Gasteiger partial charge on any atom is -0.326 e. The van der Waals surface area contributed by atoms with Crippen LogP contribution in [-0.4, -0.2) is 11.8 Å². The largest absolute Gasteiger partial charge is 0.326 e. The van der Waals surface area contributed by atoms with Gasteiger partial charge in [-0.2, -0.15) is 0 Å². The van der Waals surface area contributed by atoms with Gasteiger partial charge in [-0.1, -0.05) is 61.7 Å². The molecule has 3 aromatic rings. The van der Waals surface area contributed by atoms with E-state index < -0.39 is 5.25 Å². The van der Waals surface area contributed by atoms with E-state index in [0.717, 1.165) is 53.1 Å². The van der Waals surface area contributed by atoms with Gasteiger partial charge in [-0.25, -0.2) is 0 Å². The highest BCUT2D eigenvalue weighted by molar-refractivity contribution is 8.00. The molecule has 2 amide bonds. The molecule has 1 atom stereocenters. The van der Waals surface area contributed by atoms with Crippen LogP contribution in [0, 0.1) is 12.8 Å². The first-order chi connectivity index (χ1) is 16.1. The molecule has 0 radical (unpaired) electrons. The molecule has 1 aliphatic carbocycles. The van der Waals surface area contributed by atoms with Gasteiger partial charge in [0, 0.05) is 22.2 Å². The fourth-order valence-electron chi connectivity index (χ4n) is 4.19. The molecule has 170 valence electrons. The van der Waals surface area contributed by atoms with Gasteiger partial charge in [-0.15, -0.1) is 11.8 Å². The molecule has 4 nitrogen and oxygen atoms in total. The van der Waals surface area contributed by atoms with Crippen LogP contribution >= 0.6 is 11.8 Å². The summed E-state index contributed by atoms with van der Waals surface area (Å²) in [4.78, 5) is 26.7. The van der Waals surface area contributed by atoms with Crippen LogP contribution in [0.2, 0.25) is 0 Å². The van der Waals surface area contributed by atoms with Crippen molar-refractivity contribution in [1.29, 1.82) is 0 Å². The SMILES string of the molecule is Cc1cccc(NC(=O)C(Sc2ccc(NC(=O)C3CCCCC3)cc2)c2ccccc2)c1. The van der Waals surface area contributed by atoms with Crippen molar-refractivity contribution in [3.63, 3.8) is 0 Å². The fourth-order valence-corrected chi connectivity index (χ4v) is 5.22. The van der Waals surface area contributed by atoms with Gasteiger partial charge in [0.25, 0.3) is 0 Å². The maximum atomic E-state index is 13.2. The van der Waals surface area contributed by atoms with Crippen LogP contribution in [-0.2, 0) is 9.59 Å². The third-order valence-electron chi connectivity index (χ3n) is 5.98. The number of carbonyl (C=O) groups is 2. The molecular formula is C28H30N2O2S. The molecule has 3 aromatic carbocycles. The van der Waals surface area contributed by atoms with Crippen molar-refractivity contribution < 1.29 is 9.59 Å². The van der Waals surface area contributed by atoms with Crippen molar-refractivity contribution in [2.75, 3.05) is 10.6 Å². The third-order valence-corrected chi connectivity index (χ3v) is 7.24. The Morgan fingerprint density at radius 1 is 0.818 bits per heavy atom. The van der Waals surface area contributed by atoms with E-state index in [-0.39, 0.29) is 17.7 Å². The maximum Gasteiger partial charge on any atom is 0.242 e. The second-order valence-electron chi connectivity index (χ2n) is 8.62. The number of nitrogens with one attached hydrogen (secondary N) is 2. The molecule has 0 heterocycles. The lowest BCUT2D eigenvalue weighted by Crippen LogP contribution is -2.24. The van der Waals surface area contributed by atoms with E-state index in [9.17, 15) is 9.59 Å². The first kappa shape index (κ1) is 23.1. The van der Waals surface area contributed by atoms with Crippen molar-refractivity contribution in [3.05, 3.63) is 90.0 Å². The highest BCUT2D eigenvalue weighted by Crippen LogP contribution is 2.37. The van der Waals surface area contributed by atoms with Crippen LogP contribution in [0.25, 0.3) is 0 Å². The second kappa shape index (κ2) is 11.2. The maximum absolute atomic E-state index is 13.2. The minimum atomic E-state index is -0.394. The van der Waals surface area contributed by atoms with Crippen molar-refractivity contribution >= 4 is 35.0 Å². The highest BCUT2D eigenvalue weighted by atomic mass is 32.2. The van der Waals surface area contributed by atoms with E-state index in [1.807, 2.05) is 85.8 Å². The number of benzene rings is 3. The Kier molecular flexibility index (Phi) is 7.84. The Labute approximate surface area is 200 Å². The van der Waals surface area contributed by atoms with Crippen LogP contribution in [0.3, 0.4) is 0 Å². The highest BCUT2D eigenvalue weighted by Gasteiger charge is 2.23. The number of rotatable bonds is 7. The average Bonchev–Trinajstić information content (AvgIpc) is 2.84. The second-order valence-corrected chi connectivity index (χ2v) is 9.79. The summed E-state index contributed by atoms with van der Waals surface area (Å²) >= 11 is 1.50. The minimum absolute atomic E-state index is 0.0634. The molecule has 1 unspecified atom stereocenters. The van der Waals surface area contributed by atoms with E-state index in [1.165, 1.54) is 18.2 Å². The summed E-state index contributed by atoms with van der Waals surface area (Å²) in [5.74, 6) is 0.182. The molecule has 0 saturated heterocycles. The van der Waals surface area contributed by atoms with Crippen molar-refractivity contribution in [2.24, 2.45) is 5.92 Å². The number of thioether (sulfide) groups is 1. The summed E-state index contributed by atoms with van der Waals surface area (Å²) < 4.78 is 0. The summed E-state index contributed by atoms with van der Waals surface area (Å²) in [7, 11) is 0. The zero-order valence-corrected chi connectivity index (χ0v) is 19.7. The topological polar surface area (TPSA) is 58.2 Å². The van der Waals surface area contributed by atoms with E-state index in [1.54, 1.807) is 0 Å². The molecule has 1 saturated carbocycles. The van der Waals surface area contributed by atoms with Crippen molar-refractivity contribution in [1.82, 2.24) is 0 Å². The van der Waals surface area contributed by atoms with Crippen LogP contribution < -0.4 is 10.6 Å². The summed E-state index contributed by atoms with van der Waals surface area (Å²) in [6, 6.07) is 25.4. The number of aryl methyl sites for hydroxylation is 1. The molecule has 0 spiro atoms. The number of amides is 2. The van der Waals surface area contributed by atoms with Crippen molar-refractivity contribution in [2.45, 2.75) is 49.2 Å². The molecule has 1 fully saturated rings. The van der Waals surface area contributed by atoms with Crippen LogP contribution in [0.15, 0.2) is 83.8 Å². The summed E-state index contributed by atoms with van der Waals surface area (Å²) in [6.07, 6.45) is 5.47. The lowest BCUT2D eigenvalue weighted by Gasteiger charge is -2.21. The Bertz CT molecular complexity index is 1080. The van der Waals surface area contributed by atoms with Gasteiger partial charge in [0.1, 0.15) is 5.25 Å². The lowest BCUT2D eigenvalue weighted by atomic mass is 9.88. The zero-order valence-electron chi connectivity index (χ0n) is 18.9. The standard InChI is InChI=1S/C28H30N2O2S/c1-20-9-8-14-24(19-20)30-28(32)26(21-10-4-2-5-11-21)33-25-17-15-23(16-18-25)29-27(31)22-12-6-3-7-13-22/h2,4-5,8-11,14-19,22,26H,3,6-7,12-13H2,1H3,(H,29,31)(H,30,32). The van der Waals surface area contributed by atoms with Gasteiger partial charge in [0.15, 0.2) is 0 Å². The van der Waals surface area contributed by atoms with E-state index >= 15 is 0 Å². The molecule has 0 bridgehead atoms. The number of carbonyl (C=O) groups excluding carboxylic acids is 2. The number of anilines is 2. The Morgan fingerprint density at radius 3 is 2.24 bits per heavy atom. The fraction of sp³-hybridized carbons (Fsp3) is 0.286. The van der Waals surface area contributed by atoms with Crippen LogP contribution in [0.1, 0.15) is 48.5 Å². The van der Waals surface area contributed by atoms with E-state index in [4.69, 9.17) is 0 Å². The summed E-state index contributed by atoms with van der Waals surface area (Å²) in [6.45, 7) is 2.01. The first-order valence-electron chi connectivity index (χ1n) is 11.6. The molecule has 1 aliphatic rings. The number of hydrogen-bond acceptors (Lipinski definition) is 3. The molecule has 4 rings (SSSR count). The van der Waals surface area contributed by atoms with Gasteiger partial charge in [-0.3, -0.25) is 9.59 Å². The van der Waals surface area contributed by atoms with Gasteiger partial charge in [0.05, 0.1) is 0 Å². The van der Waals surface area contributed by atoms with Crippen molar-refractivity contribution in [3.8, 4) is 0 Å². The monoisotopic (exact) mass is 458 g/mol. The third kappa shape index (κ3) is 6.48. The summed E-state index contributed by atoms with van der Waals surface area (Å²) in [5, 5.41) is 5.72. The Balaban J connectivity index is 1.45. The molecule has 0 aromatic heterocycles. The first-order valence-corrected chi connectivity index (χ1v) is 12.5. The predicted molar refractivity (Wildman–Crippen MR) is 136 cm³/mol. The quantitative estimate of drug-likeness (QED) is 0.375. The predicted octanol–water partition coefficient (Wildman–Crippen LogP) is 6.99. The van der Waals surface area contributed by atoms with Crippen LogP contribution in [0.5, 0.6) is 0 Å². The Morgan fingerprint density at radius 2 is 1.55 bits per heavy atom. The number of hydrogen-bond donors (Lipinski definition) is 2. The normalized spacial score (nSPS) is 14.9. The van der Waals surface area contributed by atoms with E-state index in [0.29, 0.717) is 0 Å². The molecule has 5 heteroatoms. The molecule has 33 heavy (non-hydrogen) atoms. The average molecular weight is 459 g/mol. The smallest absolute Gasteiger partial charge is 0.242 e. The van der Waals surface area contributed by atoms with Gasteiger partial charge in [0.2, 0.25) is 11.8 Å². The molecular weight excluding hydrogens is 428 g/mol. The lowest BCUT2D eigenvalue weighted by molar-refractivity contribution is -0.120. The Hall–Kier alpha value is -3.05. The zero-order chi connectivity index (χ0) is 23.0.